The molecule has 0 aliphatic rings. The van der Waals surface area contributed by atoms with E-state index in [2.05, 4.69) is 20.5 Å². The lowest BCUT2D eigenvalue weighted by molar-refractivity contribution is 0.716. The van der Waals surface area contributed by atoms with Crippen LogP contribution in [0.15, 0.2) is 80.9 Å². The summed E-state index contributed by atoms with van der Waals surface area (Å²) in [5.41, 5.74) is 5.75. The highest BCUT2D eigenvalue weighted by atomic mass is 16.2. The highest BCUT2D eigenvalue weighted by molar-refractivity contribution is 5.85. The second-order valence-corrected chi connectivity index (χ2v) is 7.48. The zero-order valence-corrected chi connectivity index (χ0v) is 17.9. The van der Waals surface area contributed by atoms with Crippen LogP contribution >= 0.6 is 0 Å². The van der Waals surface area contributed by atoms with Crippen LogP contribution in [-0.2, 0) is 20.0 Å². The maximum absolute atomic E-state index is 12.6. The molecule has 0 saturated heterocycles. The first-order chi connectivity index (χ1) is 15.5. The number of benzene rings is 2. The molecule has 0 saturated carbocycles. The summed E-state index contributed by atoms with van der Waals surface area (Å²) in [5, 5.41) is 4.30. The molecular formula is C24H24N6O2. The van der Waals surface area contributed by atoms with Gasteiger partial charge in [-0.3, -0.25) is 14.3 Å². The predicted molar refractivity (Wildman–Crippen MR) is 128 cm³/mol. The second-order valence-electron chi connectivity index (χ2n) is 7.48. The minimum absolute atomic E-state index is 0.307. The highest BCUT2D eigenvalue weighted by Crippen LogP contribution is 2.17. The van der Waals surface area contributed by atoms with Gasteiger partial charge in [-0.1, -0.05) is 66.7 Å². The Morgan fingerprint density at radius 3 is 2.50 bits per heavy atom. The van der Waals surface area contributed by atoms with Gasteiger partial charge in [-0.05, 0) is 30.0 Å². The topological polar surface area (TPSA) is 97.1 Å². The Bertz CT molecular complexity index is 1400. The first-order valence-electron chi connectivity index (χ1n) is 10.3. The van der Waals surface area contributed by atoms with Gasteiger partial charge in [-0.25, -0.2) is 10.2 Å². The van der Waals surface area contributed by atoms with Crippen LogP contribution in [0.3, 0.4) is 0 Å². The SMILES string of the molecule is CC(/C=N/Nc1nc2c(c(=O)[nH]c(=O)n2C)n1CCc1ccccc1)=C\c1ccccc1. The Hall–Kier alpha value is -4.20. The van der Waals surface area contributed by atoms with Crippen molar-refractivity contribution < 1.29 is 0 Å². The molecule has 0 fully saturated rings. The summed E-state index contributed by atoms with van der Waals surface area (Å²) in [5.74, 6) is 0.395. The molecule has 2 aromatic heterocycles. The first-order valence-corrected chi connectivity index (χ1v) is 10.3. The molecule has 4 rings (SSSR count). The second kappa shape index (κ2) is 9.30. The van der Waals surface area contributed by atoms with Gasteiger partial charge in [-0.2, -0.15) is 10.1 Å². The van der Waals surface area contributed by atoms with Crippen molar-refractivity contribution in [1.29, 1.82) is 0 Å². The minimum Gasteiger partial charge on any atom is -0.303 e. The van der Waals surface area contributed by atoms with E-state index < -0.39 is 11.2 Å². The summed E-state index contributed by atoms with van der Waals surface area (Å²) in [4.78, 5) is 31.4. The van der Waals surface area contributed by atoms with Crippen molar-refractivity contribution in [2.24, 2.45) is 12.1 Å². The Morgan fingerprint density at radius 1 is 1.09 bits per heavy atom. The van der Waals surface area contributed by atoms with Crippen LogP contribution < -0.4 is 16.7 Å². The highest BCUT2D eigenvalue weighted by Gasteiger charge is 2.17. The molecule has 0 amide bonds. The number of aromatic nitrogens is 4. The average Bonchev–Trinajstić information content (AvgIpc) is 3.16. The molecule has 0 unspecified atom stereocenters. The van der Waals surface area contributed by atoms with E-state index >= 15 is 0 Å². The number of nitrogens with zero attached hydrogens (tertiary/aromatic N) is 4. The average molecular weight is 428 g/mol. The van der Waals surface area contributed by atoms with Crippen LogP contribution in [0.2, 0.25) is 0 Å². The third kappa shape index (κ3) is 4.59. The summed E-state index contributed by atoms with van der Waals surface area (Å²) < 4.78 is 3.08. The van der Waals surface area contributed by atoms with Crippen molar-refractivity contribution in [2.45, 2.75) is 19.9 Å². The zero-order chi connectivity index (χ0) is 22.5. The van der Waals surface area contributed by atoms with Crippen LogP contribution in [0.4, 0.5) is 5.95 Å². The van der Waals surface area contributed by atoms with Gasteiger partial charge in [0.15, 0.2) is 11.2 Å². The Morgan fingerprint density at radius 2 is 1.78 bits per heavy atom. The number of H-pyrrole nitrogens is 1. The summed E-state index contributed by atoms with van der Waals surface area (Å²) in [6.45, 7) is 2.45. The van der Waals surface area contributed by atoms with Crippen LogP contribution in [0.25, 0.3) is 17.2 Å². The number of anilines is 1. The summed E-state index contributed by atoms with van der Waals surface area (Å²) >= 11 is 0. The fraction of sp³-hybridized carbons (Fsp3) is 0.167. The smallest absolute Gasteiger partial charge is 0.303 e. The van der Waals surface area contributed by atoms with Gasteiger partial charge in [0.05, 0.1) is 6.21 Å². The number of imidazole rings is 1. The number of aromatic amines is 1. The van der Waals surface area contributed by atoms with Crippen molar-refractivity contribution in [3.8, 4) is 0 Å². The number of hydrogen-bond acceptors (Lipinski definition) is 5. The minimum atomic E-state index is -0.508. The first kappa shape index (κ1) is 21.0. The van der Waals surface area contributed by atoms with E-state index in [-0.39, 0.29) is 0 Å². The van der Waals surface area contributed by atoms with E-state index in [9.17, 15) is 9.59 Å². The number of fused-ring (bicyclic) bond motifs is 1. The molecule has 0 radical (unpaired) electrons. The fourth-order valence-corrected chi connectivity index (χ4v) is 3.46. The van der Waals surface area contributed by atoms with Crippen molar-refractivity contribution in [2.75, 3.05) is 5.43 Å². The summed E-state index contributed by atoms with van der Waals surface area (Å²) in [6.07, 6.45) is 4.40. The number of aryl methyl sites for hydroxylation is 3. The third-order valence-corrected chi connectivity index (χ3v) is 5.10. The van der Waals surface area contributed by atoms with Gasteiger partial charge < -0.3 is 4.57 Å². The number of hydrazone groups is 1. The van der Waals surface area contributed by atoms with Gasteiger partial charge >= 0.3 is 5.69 Å². The van der Waals surface area contributed by atoms with Crippen LogP contribution in [0.5, 0.6) is 0 Å². The normalized spacial score (nSPS) is 12.0. The number of nitrogens with one attached hydrogen (secondary N) is 2. The standard InChI is InChI=1S/C24H24N6O2/c1-17(15-19-11-7-4-8-12-19)16-25-28-23-26-21-20(22(31)27-24(32)29(21)2)30(23)14-13-18-9-5-3-6-10-18/h3-12,15-16H,13-14H2,1-2H3,(H,26,28)(H,27,31,32)/b17-15+,25-16+. The van der Waals surface area contributed by atoms with E-state index in [1.165, 1.54) is 4.57 Å². The molecule has 4 aromatic rings. The van der Waals surface area contributed by atoms with Gasteiger partial charge in [0.2, 0.25) is 5.95 Å². The van der Waals surface area contributed by atoms with Crippen molar-refractivity contribution >= 4 is 29.4 Å². The van der Waals surface area contributed by atoms with E-state index in [0.717, 1.165) is 16.7 Å². The maximum atomic E-state index is 12.6. The monoisotopic (exact) mass is 428 g/mol. The third-order valence-electron chi connectivity index (χ3n) is 5.10. The van der Waals surface area contributed by atoms with Crippen molar-refractivity contribution in [3.05, 3.63) is 98.2 Å². The molecule has 2 heterocycles. The van der Waals surface area contributed by atoms with Crippen LogP contribution in [0, 0.1) is 0 Å². The molecule has 2 aromatic carbocycles. The molecule has 0 bridgehead atoms. The molecule has 162 valence electrons. The molecule has 8 nitrogen and oxygen atoms in total. The summed E-state index contributed by atoms with van der Waals surface area (Å²) in [7, 11) is 1.58. The van der Waals surface area contributed by atoms with Crippen molar-refractivity contribution in [1.82, 2.24) is 19.1 Å². The lowest BCUT2D eigenvalue weighted by Crippen LogP contribution is -2.29. The van der Waals surface area contributed by atoms with E-state index in [4.69, 9.17) is 0 Å². The molecule has 0 atom stereocenters. The predicted octanol–water partition coefficient (Wildman–Crippen LogP) is 3.17. The quantitative estimate of drug-likeness (QED) is 0.349. The molecule has 0 aliphatic heterocycles. The lowest BCUT2D eigenvalue weighted by atomic mass is 10.1. The van der Waals surface area contributed by atoms with Gasteiger partial charge in [0, 0.05) is 13.6 Å². The van der Waals surface area contributed by atoms with Crippen LogP contribution in [-0.4, -0.2) is 25.3 Å². The maximum Gasteiger partial charge on any atom is 0.329 e. The number of hydrogen-bond donors (Lipinski definition) is 2. The fourth-order valence-electron chi connectivity index (χ4n) is 3.46. The van der Waals surface area contributed by atoms with Crippen LogP contribution in [0.1, 0.15) is 18.1 Å². The van der Waals surface area contributed by atoms with Gasteiger partial charge in [-0.15, -0.1) is 0 Å². The Kier molecular flexibility index (Phi) is 6.12. The van der Waals surface area contributed by atoms with Gasteiger partial charge in [0.1, 0.15) is 0 Å². The Balaban J connectivity index is 1.65. The molecular weight excluding hydrogens is 404 g/mol. The number of rotatable bonds is 7. The van der Waals surface area contributed by atoms with E-state index in [1.807, 2.05) is 73.7 Å². The molecule has 32 heavy (non-hydrogen) atoms. The molecule has 8 heteroatoms. The van der Waals surface area contributed by atoms with Gasteiger partial charge in [0.25, 0.3) is 5.56 Å². The summed E-state index contributed by atoms with van der Waals surface area (Å²) in [6, 6.07) is 19.9. The van der Waals surface area contributed by atoms with E-state index in [1.54, 1.807) is 17.8 Å². The lowest BCUT2D eigenvalue weighted by Gasteiger charge is -2.08. The molecule has 0 aliphatic carbocycles. The van der Waals surface area contributed by atoms with E-state index in [0.29, 0.717) is 30.1 Å². The zero-order valence-electron chi connectivity index (χ0n) is 17.9. The largest absolute Gasteiger partial charge is 0.329 e. The molecule has 0 spiro atoms. The van der Waals surface area contributed by atoms with Crippen molar-refractivity contribution in [3.63, 3.8) is 0 Å². The number of allylic oxidation sites excluding steroid dienone is 1. The molecule has 2 N–H and O–H groups in total. The Labute approximate surface area is 184 Å².